The van der Waals surface area contributed by atoms with Gasteiger partial charge in [0.2, 0.25) is 21.7 Å². The highest BCUT2D eigenvalue weighted by molar-refractivity contribution is 7.89. The summed E-state index contributed by atoms with van der Waals surface area (Å²) in [6.45, 7) is -1.46. The summed E-state index contributed by atoms with van der Waals surface area (Å²) >= 11 is 6.52. The van der Waals surface area contributed by atoms with Crippen molar-refractivity contribution in [3.63, 3.8) is 0 Å². The molecule has 35 heavy (non-hydrogen) atoms. The highest BCUT2D eigenvalue weighted by Crippen LogP contribution is 2.41. The molecule has 0 bridgehead atoms. The molecule has 15 heteroatoms. The average molecular weight is 527 g/mol. The van der Waals surface area contributed by atoms with Gasteiger partial charge < -0.3 is 14.2 Å². The van der Waals surface area contributed by atoms with Gasteiger partial charge >= 0.3 is 6.61 Å². The van der Waals surface area contributed by atoms with Gasteiger partial charge in [0.25, 0.3) is 11.8 Å². The molecule has 0 spiro atoms. The maximum Gasteiger partial charge on any atom is 0.387 e. The Hall–Kier alpha value is -3.62. The van der Waals surface area contributed by atoms with Crippen LogP contribution in [0.3, 0.4) is 0 Å². The zero-order valence-electron chi connectivity index (χ0n) is 18.4. The summed E-state index contributed by atoms with van der Waals surface area (Å²) in [5.41, 5.74) is 1.57. The van der Waals surface area contributed by atoms with E-state index in [2.05, 4.69) is 24.7 Å². The van der Waals surface area contributed by atoms with Gasteiger partial charge in [-0.3, -0.25) is 4.57 Å². The summed E-state index contributed by atoms with van der Waals surface area (Å²) in [7, 11) is -1.87. The molecule has 0 fully saturated rings. The van der Waals surface area contributed by atoms with Gasteiger partial charge in [0.1, 0.15) is 11.2 Å². The number of methoxy groups -OCH3 is 2. The van der Waals surface area contributed by atoms with Crippen molar-refractivity contribution in [2.45, 2.75) is 18.4 Å². The lowest BCUT2D eigenvalue weighted by Crippen LogP contribution is -2.12. The van der Waals surface area contributed by atoms with Crippen molar-refractivity contribution in [3.05, 3.63) is 41.4 Å². The summed E-state index contributed by atoms with van der Waals surface area (Å²) in [6.07, 6.45) is 2.50. The summed E-state index contributed by atoms with van der Waals surface area (Å²) in [5, 5.41) is 5.88. The third kappa shape index (κ3) is 4.54. The average Bonchev–Trinajstić information content (AvgIpc) is 3.19. The van der Waals surface area contributed by atoms with Gasteiger partial charge in [-0.15, -0.1) is 0 Å². The first-order valence-corrected chi connectivity index (χ1v) is 11.6. The van der Waals surface area contributed by atoms with Crippen LogP contribution in [0.4, 0.5) is 8.78 Å². The number of rotatable bonds is 7. The third-order valence-corrected chi connectivity index (χ3v) is 6.10. The van der Waals surface area contributed by atoms with Crippen molar-refractivity contribution in [3.8, 4) is 34.7 Å². The Bertz CT molecular complexity index is 1520. The Kier molecular flexibility index (Phi) is 6.44. The van der Waals surface area contributed by atoms with E-state index in [1.165, 1.54) is 43.4 Å². The molecule has 3 heterocycles. The smallest absolute Gasteiger partial charge is 0.387 e. The van der Waals surface area contributed by atoms with E-state index in [4.69, 9.17) is 26.2 Å². The molecule has 184 valence electrons. The van der Waals surface area contributed by atoms with Crippen molar-refractivity contribution in [2.24, 2.45) is 5.14 Å². The molecule has 2 N–H and O–H groups in total. The fraction of sp³-hybridized carbons (Fsp3) is 0.200. The first-order chi connectivity index (χ1) is 16.5. The van der Waals surface area contributed by atoms with Crippen LogP contribution in [-0.4, -0.2) is 53.8 Å². The lowest BCUT2D eigenvalue weighted by atomic mass is 10.1. The van der Waals surface area contributed by atoms with Crippen molar-refractivity contribution >= 4 is 32.5 Å². The van der Waals surface area contributed by atoms with Gasteiger partial charge in [-0.1, -0.05) is 11.6 Å². The number of nitrogens with zero attached hydrogens (tertiary/aromatic N) is 5. The number of aryl methyl sites for hydroxylation is 1. The van der Waals surface area contributed by atoms with E-state index in [1.54, 1.807) is 13.0 Å². The van der Waals surface area contributed by atoms with Crippen molar-refractivity contribution < 1.29 is 31.4 Å². The Morgan fingerprint density at radius 2 is 1.77 bits per heavy atom. The molecule has 4 aromatic rings. The summed E-state index contributed by atoms with van der Waals surface area (Å²) in [6, 6.07) is 4.61. The number of benzene rings is 1. The molecule has 0 unspecified atom stereocenters. The highest BCUT2D eigenvalue weighted by Gasteiger charge is 2.27. The van der Waals surface area contributed by atoms with Crippen LogP contribution in [0.5, 0.6) is 17.5 Å². The Morgan fingerprint density at radius 3 is 2.31 bits per heavy atom. The van der Waals surface area contributed by atoms with Crippen LogP contribution in [0.15, 0.2) is 35.6 Å². The Balaban J connectivity index is 2.13. The fourth-order valence-electron chi connectivity index (χ4n) is 3.46. The van der Waals surface area contributed by atoms with Crippen molar-refractivity contribution in [1.82, 2.24) is 24.5 Å². The highest BCUT2D eigenvalue weighted by atomic mass is 35.5. The molecule has 0 saturated carbocycles. The number of halogens is 3. The van der Waals surface area contributed by atoms with Crippen molar-refractivity contribution in [1.29, 1.82) is 0 Å². The second kappa shape index (κ2) is 9.20. The minimum Gasteiger partial charge on any atom is -0.478 e. The number of ether oxygens (including phenoxy) is 3. The molecular weight excluding hydrogens is 510 g/mol. The minimum absolute atomic E-state index is 0.192. The number of nitrogens with two attached hydrogens (primary N) is 1. The third-order valence-electron chi connectivity index (χ3n) is 4.85. The lowest BCUT2D eigenvalue weighted by Gasteiger charge is -2.15. The second-order valence-corrected chi connectivity index (χ2v) is 8.96. The van der Waals surface area contributed by atoms with E-state index in [9.17, 15) is 17.2 Å². The molecule has 0 saturated heterocycles. The Labute approximate surface area is 202 Å². The standard InChI is InChI=1S/C20H17ClF2N6O5S/c1-9-6-12(26-8-25-9)14-11(21)5-4-10-13(35(24,30)31)7-29(15(10)14)20-27-17(32-2)16(34-19(22)23)18(28-20)33-3/h4-8,19H,1-3H3,(H2,24,30,31). The van der Waals surface area contributed by atoms with E-state index in [0.717, 1.165) is 0 Å². The minimum atomic E-state index is -4.23. The van der Waals surface area contributed by atoms with E-state index in [0.29, 0.717) is 17.0 Å². The normalized spacial score (nSPS) is 11.8. The number of primary sulfonamides is 1. The van der Waals surface area contributed by atoms with Crippen LogP contribution in [0, 0.1) is 6.92 Å². The molecule has 0 atom stereocenters. The maximum absolute atomic E-state index is 12.9. The molecule has 0 aliphatic rings. The van der Waals surface area contributed by atoms with Crippen LogP contribution < -0.4 is 19.3 Å². The molecular formula is C20H17ClF2N6O5S. The number of hydrogen-bond acceptors (Lipinski definition) is 9. The maximum atomic E-state index is 12.9. The predicted octanol–water partition coefficient (Wildman–Crippen LogP) is 3.11. The molecule has 0 amide bonds. The van der Waals surface area contributed by atoms with E-state index < -0.39 is 22.4 Å². The van der Waals surface area contributed by atoms with Crippen LogP contribution >= 0.6 is 11.6 Å². The SMILES string of the molecule is COc1nc(-n2cc(S(N)(=O)=O)c3ccc(Cl)c(-c4cc(C)ncn4)c32)nc(OC)c1OC(F)F. The number of aromatic nitrogens is 5. The zero-order chi connectivity index (χ0) is 25.5. The molecule has 0 radical (unpaired) electrons. The molecule has 4 rings (SSSR count). The second-order valence-electron chi connectivity index (χ2n) is 7.02. The predicted molar refractivity (Wildman–Crippen MR) is 121 cm³/mol. The van der Waals surface area contributed by atoms with Crippen molar-refractivity contribution in [2.75, 3.05) is 14.2 Å². The Morgan fingerprint density at radius 1 is 1.11 bits per heavy atom. The molecule has 1 aromatic carbocycles. The summed E-state index contributed by atoms with van der Waals surface area (Å²) < 4.78 is 66.6. The van der Waals surface area contributed by atoms with E-state index >= 15 is 0 Å². The number of sulfonamides is 1. The van der Waals surface area contributed by atoms with Gasteiger partial charge in [0.15, 0.2) is 0 Å². The van der Waals surface area contributed by atoms with Crippen LogP contribution in [-0.2, 0) is 10.0 Å². The van der Waals surface area contributed by atoms with Crippen LogP contribution in [0.2, 0.25) is 5.02 Å². The number of alkyl halides is 2. The van der Waals surface area contributed by atoms with Gasteiger partial charge in [0.05, 0.1) is 30.5 Å². The molecule has 0 aliphatic carbocycles. The number of hydrogen-bond donors (Lipinski definition) is 1. The van der Waals surface area contributed by atoms with Gasteiger partial charge in [-0.2, -0.15) is 18.7 Å². The first-order valence-electron chi connectivity index (χ1n) is 9.65. The molecule has 0 aliphatic heterocycles. The van der Waals surface area contributed by atoms with Gasteiger partial charge in [0, 0.05) is 22.8 Å². The lowest BCUT2D eigenvalue weighted by molar-refractivity contribution is -0.0534. The van der Waals surface area contributed by atoms with Crippen LogP contribution in [0.1, 0.15) is 5.69 Å². The zero-order valence-corrected chi connectivity index (χ0v) is 19.9. The molecule has 11 nitrogen and oxygen atoms in total. The summed E-state index contributed by atoms with van der Waals surface area (Å²) in [5.74, 6) is -1.50. The van der Waals surface area contributed by atoms with Gasteiger partial charge in [-0.05, 0) is 25.1 Å². The van der Waals surface area contributed by atoms with Crippen LogP contribution in [0.25, 0.3) is 28.1 Å². The quantitative estimate of drug-likeness (QED) is 0.384. The largest absolute Gasteiger partial charge is 0.478 e. The van der Waals surface area contributed by atoms with E-state index in [1.807, 2.05) is 0 Å². The number of fused-ring (bicyclic) bond motifs is 1. The van der Waals surface area contributed by atoms with Gasteiger partial charge in [-0.25, -0.2) is 23.5 Å². The first kappa shape index (κ1) is 24.5. The summed E-state index contributed by atoms with van der Waals surface area (Å²) in [4.78, 5) is 16.3. The fourth-order valence-corrected chi connectivity index (χ4v) is 4.43. The van der Waals surface area contributed by atoms with E-state index in [-0.39, 0.29) is 38.5 Å². The topological polar surface area (TPSA) is 144 Å². The molecule has 3 aromatic heterocycles. The monoisotopic (exact) mass is 526 g/mol.